The van der Waals surface area contributed by atoms with E-state index in [1.165, 1.54) is 23.6 Å². The molecule has 198 valence electrons. The van der Waals surface area contributed by atoms with Crippen LogP contribution in [0.25, 0.3) is 5.69 Å². The van der Waals surface area contributed by atoms with Crippen LogP contribution < -0.4 is 16.4 Å². The molecule has 0 spiro atoms. The maximum Gasteiger partial charge on any atom is 0.435 e. The number of anilines is 1. The van der Waals surface area contributed by atoms with Crippen molar-refractivity contribution in [3.8, 4) is 5.69 Å². The summed E-state index contributed by atoms with van der Waals surface area (Å²) in [5.41, 5.74) is 8.12. The highest BCUT2D eigenvalue weighted by molar-refractivity contribution is 5.50. The average Bonchev–Trinajstić information content (AvgIpc) is 3.64. The van der Waals surface area contributed by atoms with E-state index in [9.17, 15) is 17.6 Å². The van der Waals surface area contributed by atoms with Gasteiger partial charge in [-0.15, -0.1) is 0 Å². The molecule has 0 aliphatic heterocycles. The Morgan fingerprint density at radius 2 is 1.79 bits per heavy atom. The van der Waals surface area contributed by atoms with Crippen LogP contribution in [-0.2, 0) is 19.3 Å². The van der Waals surface area contributed by atoms with Crippen molar-refractivity contribution in [1.82, 2.24) is 20.1 Å². The molecule has 0 bridgehead atoms. The number of alkyl halides is 3. The number of halogens is 4. The Morgan fingerprint density at radius 1 is 1.00 bits per heavy atom. The second-order valence-corrected chi connectivity index (χ2v) is 9.46. The minimum absolute atomic E-state index is 0.0776. The maximum absolute atomic E-state index is 14.9. The first-order valence-electron chi connectivity index (χ1n) is 12.4. The van der Waals surface area contributed by atoms with E-state index in [0.29, 0.717) is 11.6 Å². The zero-order valence-corrected chi connectivity index (χ0v) is 20.5. The minimum atomic E-state index is -4.62. The fourth-order valence-corrected chi connectivity index (χ4v) is 4.36. The number of pyridine rings is 1. The zero-order valence-electron chi connectivity index (χ0n) is 20.5. The largest absolute Gasteiger partial charge is 0.435 e. The molecule has 2 aromatic heterocycles. The first-order valence-corrected chi connectivity index (χ1v) is 12.4. The molecule has 0 amide bonds. The number of hydrogen-bond donors (Lipinski definition) is 3. The Labute approximate surface area is 217 Å². The lowest BCUT2D eigenvalue weighted by molar-refractivity contribution is -0.141. The van der Waals surface area contributed by atoms with Crippen LogP contribution in [0.5, 0.6) is 0 Å². The van der Waals surface area contributed by atoms with Gasteiger partial charge < -0.3 is 16.4 Å². The molecule has 0 radical (unpaired) electrons. The molecule has 1 aliphatic rings. The molecule has 2 aromatic carbocycles. The second kappa shape index (κ2) is 10.9. The van der Waals surface area contributed by atoms with Crippen molar-refractivity contribution in [2.75, 3.05) is 11.9 Å². The first-order chi connectivity index (χ1) is 18.3. The predicted molar refractivity (Wildman–Crippen MR) is 137 cm³/mol. The summed E-state index contributed by atoms with van der Waals surface area (Å²) in [6.45, 7) is 1.00. The molecule has 4 N–H and O–H groups in total. The Morgan fingerprint density at radius 3 is 2.50 bits per heavy atom. The summed E-state index contributed by atoms with van der Waals surface area (Å²) in [4.78, 5) is 4.09. The van der Waals surface area contributed by atoms with Gasteiger partial charge in [-0.3, -0.25) is 4.98 Å². The number of aromatic nitrogens is 3. The molecule has 38 heavy (non-hydrogen) atoms. The lowest BCUT2D eigenvalue weighted by Gasteiger charge is -2.21. The Balaban J connectivity index is 1.43. The minimum Gasteiger partial charge on any atom is -0.377 e. The van der Waals surface area contributed by atoms with Crippen LogP contribution in [0.1, 0.15) is 47.0 Å². The van der Waals surface area contributed by atoms with Crippen molar-refractivity contribution in [3.05, 3.63) is 107 Å². The molecular formula is C28H28F4N6. The summed E-state index contributed by atoms with van der Waals surface area (Å²) in [6, 6.07) is 16.2. The number of rotatable bonds is 10. The van der Waals surface area contributed by atoms with Crippen LogP contribution in [0.2, 0.25) is 0 Å². The normalized spacial score (nSPS) is 14.4. The molecule has 1 fully saturated rings. The number of nitrogens with one attached hydrogen (secondary N) is 2. The predicted octanol–water partition coefficient (Wildman–Crippen LogP) is 5.59. The third-order valence-corrected chi connectivity index (χ3v) is 6.60. The number of nitrogens with two attached hydrogens (primary N) is 1. The van der Waals surface area contributed by atoms with E-state index < -0.39 is 17.7 Å². The molecule has 1 atom stereocenters. The van der Waals surface area contributed by atoms with Crippen molar-refractivity contribution in [1.29, 1.82) is 0 Å². The topological polar surface area (TPSA) is 80.8 Å². The van der Waals surface area contributed by atoms with Crippen molar-refractivity contribution in [2.24, 2.45) is 11.7 Å². The van der Waals surface area contributed by atoms with Crippen LogP contribution in [0, 0.1) is 11.7 Å². The molecular weight excluding hydrogens is 496 g/mol. The lowest BCUT2D eigenvalue weighted by atomic mass is 9.98. The van der Waals surface area contributed by atoms with Crippen molar-refractivity contribution in [3.63, 3.8) is 0 Å². The third-order valence-electron chi connectivity index (χ3n) is 6.60. The van der Waals surface area contributed by atoms with Gasteiger partial charge in [0.05, 0.1) is 29.7 Å². The molecule has 1 aliphatic carbocycles. The fourth-order valence-electron chi connectivity index (χ4n) is 4.36. The van der Waals surface area contributed by atoms with Gasteiger partial charge in [-0.05, 0) is 84.5 Å². The molecule has 1 unspecified atom stereocenters. The van der Waals surface area contributed by atoms with Crippen LogP contribution in [0.4, 0.5) is 23.2 Å². The fraction of sp³-hybridized carbons (Fsp3) is 0.286. The molecule has 4 aromatic rings. The van der Waals surface area contributed by atoms with Gasteiger partial charge in [0, 0.05) is 18.9 Å². The van der Waals surface area contributed by atoms with E-state index in [0.717, 1.165) is 29.3 Å². The summed E-state index contributed by atoms with van der Waals surface area (Å²) in [5, 5.41) is 10.4. The van der Waals surface area contributed by atoms with E-state index in [1.807, 2.05) is 12.1 Å². The number of hydrogen-bond acceptors (Lipinski definition) is 5. The maximum atomic E-state index is 14.9. The molecule has 2 heterocycles. The molecule has 6 nitrogen and oxygen atoms in total. The summed E-state index contributed by atoms with van der Waals surface area (Å²) in [5.74, 6) is 0.134. The summed E-state index contributed by atoms with van der Waals surface area (Å²) >= 11 is 0. The van der Waals surface area contributed by atoms with E-state index in [1.54, 1.807) is 48.8 Å². The highest BCUT2D eigenvalue weighted by atomic mass is 19.4. The van der Waals surface area contributed by atoms with Crippen molar-refractivity contribution < 1.29 is 17.6 Å². The Kier molecular flexibility index (Phi) is 7.44. The smallest absolute Gasteiger partial charge is 0.377 e. The van der Waals surface area contributed by atoms with Gasteiger partial charge in [0.25, 0.3) is 0 Å². The quantitative estimate of drug-likeness (QED) is 0.236. The standard InChI is InChI=1S/C28H28F4N6/c29-24-7-6-21(27(36-16-18-4-5-18)20-8-10-34-11-9-20)13-25(24)35-17-23-14-26(28(30,31)32)37-38(23)22-3-1-2-19(12-22)15-33/h1-3,6-14,18,27,35-36H,4-5,15-17,33H2. The SMILES string of the molecule is NCc1cccc(-n2nc(C(F)(F)F)cc2CNc2cc(C(NCC3CC3)c3ccncc3)ccc2F)c1. The Bertz CT molecular complexity index is 1380. The summed E-state index contributed by atoms with van der Waals surface area (Å²) in [7, 11) is 0. The first kappa shape index (κ1) is 25.9. The average molecular weight is 525 g/mol. The molecule has 0 saturated heterocycles. The Hall–Kier alpha value is -3.76. The van der Waals surface area contributed by atoms with Crippen LogP contribution in [-0.4, -0.2) is 21.3 Å². The van der Waals surface area contributed by atoms with Crippen molar-refractivity contribution in [2.45, 2.75) is 38.1 Å². The van der Waals surface area contributed by atoms with E-state index in [2.05, 4.69) is 20.7 Å². The van der Waals surface area contributed by atoms with Gasteiger partial charge in [0.1, 0.15) is 5.82 Å². The van der Waals surface area contributed by atoms with Gasteiger partial charge in [-0.25, -0.2) is 9.07 Å². The van der Waals surface area contributed by atoms with E-state index in [-0.39, 0.29) is 30.5 Å². The second-order valence-electron chi connectivity index (χ2n) is 9.46. The van der Waals surface area contributed by atoms with Gasteiger partial charge in [-0.2, -0.15) is 18.3 Å². The van der Waals surface area contributed by atoms with Gasteiger partial charge >= 0.3 is 6.18 Å². The molecule has 10 heteroatoms. The monoisotopic (exact) mass is 524 g/mol. The van der Waals surface area contributed by atoms with Crippen molar-refractivity contribution >= 4 is 5.69 Å². The highest BCUT2D eigenvalue weighted by Gasteiger charge is 2.35. The lowest BCUT2D eigenvalue weighted by Crippen LogP contribution is -2.24. The summed E-state index contributed by atoms with van der Waals surface area (Å²) < 4.78 is 56.6. The summed E-state index contributed by atoms with van der Waals surface area (Å²) in [6.07, 6.45) is 1.18. The molecule has 5 rings (SSSR count). The van der Waals surface area contributed by atoms with Gasteiger partial charge in [0.2, 0.25) is 0 Å². The van der Waals surface area contributed by atoms with Crippen LogP contribution >= 0.6 is 0 Å². The third kappa shape index (κ3) is 6.03. The number of benzene rings is 2. The van der Waals surface area contributed by atoms with Crippen LogP contribution in [0.3, 0.4) is 0 Å². The zero-order chi connectivity index (χ0) is 26.7. The number of nitrogens with zero attached hydrogens (tertiary/aromatic N) is 3. The molecule has 1 saturated carbocycles. The van der Waals surface area contributed by atoms with Gasteiger partial charge in [0.15, 0.2) is 5.69 Å². The van der Waals surface area contributed by atoms with E-state index in [4.69, 9.17) is 5.73 Å². The highest BCUT2D eigenvalue weighted by Crippen LogP contribution is 2.32. The van der Waals surface area contributed by atoms with Crippen LogP contribution in [0.15, 0.2) is 73.1 Å². The van der Waals surface area contributed by atoms with E-state index >= 15 is 0 Å². The van der Waals surface area contributed by atoms with Gasteiger partial charge in [-0.1, -0.05) is 18.2 Å².